The highest BCUT2D eigenvalue weighted by molar-refractivity contribution is 5.69. The first kappa shape index (κ1) is 25.2. The normalized spacial score (nSPS) is 18.9. The van der Waals surface area contributed by atoms with Crippen molar-refractivity contribution in [1.82, 2.24) is 24.6 Å². The Balaban J connectivity index is 1.41. The van der Waals surface area contributed by atoms with Crippen LogP contribution in [0, 0.1) is 0 Å². The van der Waals surface area contributed by atoms with Crippen molar-refractivity contribution in [2.24, 2.45) is 0 Å². The van der Waals surface area contributed by atoms with Gasteiger partial charge in [-0.25, -0.2) is 23.2 Å². The molecule has 0 radical (unpaired) electrons. The van der Waals surface area contributed by atoms with Crippen LogP contribution in [0.3, 0.4) is 0 Å². The lowest BCUT2D eigenvalue weighted by Crippen LogP contribution is -2.55. The minimum Gasteiger partial charge on any atom is -0.444 e. The van der Waals surface area contributed by atoms with Crippen LogP contribution in [0.4, 0.5) is 19.4 Å². The maximum absolute atomic E-state index is 13.5. The molecule has 1 aliphatic carbocycles. The van der Waals surface area contributed by atoms with Crippen LogP contribution in [0.2, 0.25) is 0 Å². The fourth-order valence-electron chi connectivity index (χ4n) is 3.91. The Morgan fingerprint density at radius 1 is 1.23 bits per heavy atom. The lowest BCUT2D eigenvalue weighted by Gasteiger charge is -2.39. The van der Waals surface area contributed by atoms with E-state index in [2.05, 4.69) is 20.4 Å². The van der Waals surface area contributed by atoms with Crippen LogP contribution in [0.5, 0.6) is 0 Å². The smallest absolute Gasteiger partial charge is 0.410 e. The fraction of sp³-hybridized carbons (Fsp3) is 0.652. The summed E-state index contributed by atoms with van der Waals surface area (Å²) in [6.07, 6.45) is 1.49. The average molecular weight is 495 g/mol. The highest BCUT2D eigenvalue weighted by Crippen LogP contribution is 2.34. The molecule has 0 unspecified atom stereocenters. The third-order valence-electron chi connectivity index (χ3n) is 5.81. The van der Waals surface area contributed by atoms with Gasteiger partial charge in [-0.2, -0.15) is 10.1 Å². The number of aliphatic hydroxyl groups is 1. The van der Waals surface area contributed by atoms with Crippen molar-refractivity contribution in [3.8, 4) is 5.95 Å². The summed E-state index contributed by atoms with van der Waals surface area (Å²) in [7, 11) is 0. The predicted octanol–water partition coefficient (Wildman–Crippen LogP) is 3.28. The number of nitrogens with one attached hydrogen (secondary N) is 1. The molecule has 2 N–H and O–H groups in total. The average Bonchev–Trinajstić information content (AvgIpc) is 3.22. The first-order valence-electron chi connectivity index (χ1n) is 11.8. The quantitative estimate of drug-likeness (QED) is 0.603. The van der Waals surface area contributed by atoms with Gasteiger partial charge in [-0.1, -0.05) is 0 Å². The fourth-order valence-corrected chi connectivity index (χ4v) is 3.91. The number of rotatable bonds is 7. The van der Waals surface area contributed by atoms with Gasteiger partial charge < -0.3 is 24.8 Å². The monoisotopic (exact) mass is 494 g/mol. The molecule has 1 saturated heterocycles. The second kappa shape index (κ2) is 10.0. The second-order valence-electron chi connectivity index (χ2n) is 10.0. The zero-order valence-corrected chi connectivity index (χ0v) is 20.2. The van der Waals surface area contributed by atoms with Gasteiger partial charge in [0.25, 0.3) is 5.95 Å². The van der Waals surface area contributed by atoms with Gasteiger partial charge in [0.1, 0.15) is 11.4 Å². The number of aromatic nitrogens is 4. The highest BCUT2D eigenvalue weighted by atomic mass is 19.3. The molecule has 2 aliphatic rings. The Kier molecular flexibility index (Phi) is 7.22. The minimum absolute atomic E-state index is 0.120. The molecule has 0 bridgehead atoms. The van der Waals surface area contributed by atoms with Crippen molar-refractivity contribution in [1.29, 1.82) is 0 Å². The molecule has 1 saturated carbocycles. The van der Waals surface area contributed by atoms with Gasteiger partial charge in [0.15, 0.2) is 0 Å². The molecule has 35 heavy (non-hydrogen) atoms. The second-order valence-corrected chi connectivity index (χ2v) is 10.0. The van der Waals surface area contributed by atoms with Gasteiger partial charge in [0, 0.05) is 31.1 Å². The molecule has 0 aromatic carbocycles. The maximum atomic E-state index is 13.5. The van der Waals surface area contributed by atoms with Gasteiger partial charge in [-0.3, -0.25) is 0 Å². The van der Waals surface area contributed by atoms with Crippen molar-refractivity contribution in [3.63, 3.8) is 0 Å². The predicted molar refractivity (Wildman–Crippen MR) is 122 cm³/mol. The van der Waals surface area contributed by atoms with E-state index in [4.69, 9.17) is 9.47 Å². The molecular weight excluding hydrogens is 462 g/mol. The third-order valence-corrected chi connectivity index (χ3v) is 5.81. The number of halogens is 2. The molecule has 12 heteroatoms. The molecule has 4 rings (SSSR count). The molecule has 2 aromatic heterocycles. The van der Waals surface area contributed by atoms with Crippen LogP contribution >= 0.6 is 0 Å². The number of nitrogens with zero attached hydrogens (tertiary/aromatic N) is 5. The largest absolute Gasteiger partial charge is 0.444 e. The summed E-state index contributed by atoms with van der Waals surface area (Å²) < 4.78 is 39.8. The van der Waals surface area contributed by atoms with E-state index in [0.29, 0.717) is 43.1 Å². The van der Waals surface area contributed by atoms with E-state index in [1.165, 1.54) is 4.68 Å². The summed E-state index contributed by atoms with van der Waals surface area (Å²) in [5.74, 6) is -1.84. The van der Waals surface area contributed by atoms with E-state index in [1.807, 2.05) is 20.8 Å². The lowest BCUT2D eigenvalue weighted by atomic mass is 9.92. The SMILES string of the molecule is CC(C)(C)OC(=O)N1CC(OCc2cc(NC3CCC(F)(F)CC3)nc(-n3ccc(CO)n3)n2)C1. The first-order chi connectivity index (χ1) is 16.5. The third kappa shape index (κ3) is 6.85. The van der Waals surface area contributed by atoms with Crippen LogP contribution in [-0.4, -0.2) is 72.6 Å². The topological polar surface area (TPSA) is 115 Å². The van der Waals surface area contributed by atoms with Crippen LogP contribution in [-0.2, 0) is 22.7 Å². The summed E-state index contributed by atoms with van der Waals surface area (Å²) in [6.45, 7) is 6.26. The number of hydrogen-bond acceptors (Lipinski definition) is 8. The summed E-state index contributed by atoms with van der Waals surface area (Å²) >= 11 is 0. The van der Waals surface area contributed by atoms with Crippen molar-refractivity contribution >= 4 is 11.9 Å². The van der Waals surface area contributed by atoms with Crippen molar-refractivity contribution in [2.75, 3.05) is 18.4 Å². The molecule has 1 amide bonds. The number of aliphatic hydroxyl groups excluding tert-OH is 1. The van der Waals surface area contributed by atoms with Gasteiger partial charge in [-0.15, -0.1) is 0 Å². The number of anilines is 1. The van der Waals surface area contributed by atoms with Gasteiger partial charge in [0.2, 0.25) is 5.92 Å². The molecule has 10 nitrogen and oxygen atoms in total. The summed E-state index contributed by atoms with van der Waals surface area (Å²) in [6, 6.07) is 3.27. The first-order valence-corrected chi connectivity index (χ1v) is 11.8. The minimum atomic E-state index is -2.61. The maximum Gasteiger partial charge on any atom is 0.410 e. The molecule has 3 heterocycles. The van der Waals surface area contributed by atoms with E-state index < -0.39 is 11.5 Å². The molecule has 0 atom stereocenters. The molecule has 2 aromatic rings. The lowest BCUT2D eigenvalue weighted by molar-refractivity contribution is -0.0698. The van der Waals surface area contributed by atoms with Crippen LogP contribution in [0.25, 0.3) is 5.95 Å². The molecule has 192 valence electrons. The van der Waals surface area contributed by atoms with Crippen molar-refractivity contribution in [3.05, 3.63) is 29.7 Å². The molecule has 1 aliphatic heterocycles. The van der Waals surface area contributed by atoms with Gasteiger partial charge >= 0.3 is 6.09 Å². The summed E-state index contributed by atoms with van der Waals surface area (Å²) in [4.78, 5) is 22.7. The number of ether oxygens (including phenoxy) is 2. The van der Waals surface area contributed by atoms with E-state index in [1.54, 1.807) is 23.2 Å². The number of carbonyl (C=O) groups is 1. The molecule has 2 fully saturated rings. The molecular formula is C23H32F2N6O4. The Hall–Kier alpha value is -2.86. The Bertz CT molecular complexity index is 1030. The van der Waals surface area contributed by atoms with Crippen LogP contribution < -0.4 is 5.32 Å². The van der Waals surface area contributed by atoms with E-state index in [-0.39, 0.29) is 50.2 Å². The Labute approximate surface area is 202 Å². The van der Waals surface area contributed by atoms with E-state index in [9.17, 15) is 18.7 Å². The van der Waals surface area contributed by atoms with E-state index >= 15 is 0 Å². The number of alkyl halides is 2. The van der Waals surface area contributed by atoms with Crippen LogP contribution in [0.15, 0.2) is 18.3 Å². The number of likely N-dealkylation sites (tertiary alicyclic amines) is 1. The van der Waals surface area contributed by atoms with Crippen molar-refractivity contribution in [2.45, 2.75) is 83.3 Å². The zero-order chi connectivity index (χ0) is 25.2. The number of hydrogen-bond donors (Lipinski definition) is 2. The van der Waals surface area contributed by atoms with Crippen LogP contribution in [0.1, 0.15) is 57.8 Å². The number of amides is 1. The molecule has 0 spiro atoms. The number of carbonyl (C=O) groups excluding carboxylic acids is 1. The Morgan fingerprint density at radius 2 is 1.94 bits per heavy atom. The Morgan fingerprint density at radius 3 is 2.57 bits per heavy atom. The van der Waals surface area contributed by atoms with E-state index in [0.717, 1.165) is 0 Å². The van der Waals surface area contributed by atoms with Crippen molar-refractivity contribution < 1.29 is 28.2 Å². The summed E-state index contributed by atoms with van der Waals surface area (Å²) in [5, 5.41) is 16.8. The highest BCUT2D eigenvalue weighted by Gasteiger charge is 2.36. The van der Waals surface area contributed by atoms with Gasteiger partial charge in [-0.05, 0) is 39.7 Å². The zero-order valence-electron chi connectivity index (χ0n) is 20.2. The van der Waals surface area contributed by atoms with Gasteiger partial charge in [0.05, 0.1) is 43.8 Å². The summed E-state index contributed by atoms with van der Waals surface area (Å²) in [5.41, 5.74) is 0.492. The standard InChI is InChI=1S/C23H32F2N6O4/c1-22(2,3)35-21(33)30-11-18(12-30)34-14-17-10-19(26-15-4-7-23(24,25)8-5-15)28-20(27-17)31-9-6-16(13-32)29-31/h6,9-10,15,18,32H,4-5,7-8,11-14H2,1-3H3,(H,26,27,28).